The van der Waals surface area contributed by atoms with Crippen LogP contribution in [0.4, 0.5) is 0 Å². The minimum absolute atomic E-state index is 0.620. The van der Waals surface area contributed by atoms with E-state index in [1.807, 2.05) is 0 Å². The van der Waals surface area contributed by atoms with Crippen LogP contribution in [-0.2, 0) is 0 Å². The van der Waals surface area contributed by atoms with Crippen molar-refractivity contribution in [3.63, 3.8) is 0 Å². The molecule has 0 amide bonds. The normalized spacial score (nSPS) is 32.3. The summed E-state index contributed by atoms with van der Waals surface area (Å²) in [7, 11) is 0. The fraction of sp³-hybridized carbons (Fsp3) is 0.600. The van der Waals surface area contributed by atoms with Crippen molar-refractivity contribution in [3.05, 3.63) is 5.92 Å². The van der Waals surface area contributed by atoms with E-state index in [0.717, 1.165) is 12.3 Å². The van der Waals surface area contributed by atoms with Crippen molar-refractivity contribution < 1.29 is 0 Å². The van der Waals surface area contributed by atoms with Gasteiger partial charge in [-0.05, 0) is 12.3 Å². The molecular formula is C5H6N. The maximum atomic E-state index is 8.09. The highest BCUT2D eigenvalue weighted by Gasteiger charge is 2.33. The fourth-order valence-corrected chi connectivity index (χ4v) is 0.427. The SMILES string of the molecule is CC1C[C]1C#N. The molecular weight excluding hydrogens is 74.1 g/mol. The van der Waals surface area contributed by atoms with E-state index in [-0.39, 0.29) is 0 Å². The van der Waals surface area contributed by atoms with Crippen molar-refractivity contribution in [2.75, 3.05) is 0 Å². The molecule has 1 nitrogen and oxygen atoms in total. The third-order valence-electron chi connectivity index (χ3n) is 1.10. The van der Waals surface area contributed by atoms with Crippen LogP contribution in [0.5, 0.6) is 0 Å². The number of nitriles is 1. The van der Waals surface area contributed by atoms with Gasteiger partial charge in [0.1, 0.15) is 0 Å². The summed E-state index contributed by atoms with van der Waals surface area (Å²) in [5, 5.41) is 8.09. The summed E-state index contributed by atoms with van der Waals surface area (Å²) in [6.45, 7) is 2.07. The van der Waals surface area contributed by atoms with Crippen LogP contribution >= 0.6 is 0 Å². The molecule has 31 valence electrons. The van der Waals surface area contributed by atoms with Crippen LogP contribution in [0.3, 0.4) is 0 Å². The van der Waals surface area contributed by atoms with E-state index < -0.39 is 0 Å². The first-order valence-corrected chi connectivity index (χ1v) is 2.10. The lowest BCUT2D eigenvalue weighted by Crippen LogP contribution is -1.60. The van der Waals surface area contributed by atoms with Crippen molar-refractivity contribution >= 4 is 0 Å². The zero-order chi connectivity index (χ0) is 4.57. The summed E-state index contributed by atoms with van der Waals surface area (Å²) < 4.78 is 0. The number of nitrogens with zero attached hydrogens (tertiary/aromatic N) is 1. The Morgan fingerprint density at radius 1 is 2.00 bits per heavy atom. The maximum absolute atomic E-state index is 8.09. The van der Waals surface area contributed by atoms with Gasteiger partial charge >= 0.3 is 0 Å². The average Bonchev–Trinajstić information content (AvgIpc) is 2.19. The van der Waals surface area contributed by atoms with Gasteiger partial charge < -0.3 is 0 Å². The Labute approximate surface area is 37.6 Å². The maximum Gasteiger partial charge on any atom is 0.0791 e. The number of rotatable bonds is 0. The molecule has 1 rings (SSSR count). The molecule has 1 aliphatic rings. The summed E-state index contributed by atoms with van der Waals surface area (Å²) >= 11 is 0. The predicted molar refractivity (Wildman–Crippen MR) is 22.6 cm³/mol. The lowest BCUT2D eigenvalue weighted by atomic mass is 10.4. The van der Waals surface area contributed by atoms with Crippen LogP contribution in [0.2, 0.25) is 0 Å². The Bertz CT molecular complexity index is 90.6. The quantitative estimate of drug-likeness (QED) is 0.427. The van der Waals surface area contributed by atoms with E-state index in [1.54, 1.807) is 0 Å². The molecule has 1 fully saturated rings. The van der Waals surface area contributed by atoms with Gasteiger partial charge in [0.15, 0.2) is 0 Å². The van der Waals surface area contributed by atoms with E-state index in [0.29, 0.717) is 5.92 Å². The van der Waals surface area contributed by atoms with Gasteiger partial charge in [-0.15, -0.1) is 0 Å². The standard InChI is InChI=1S/C5H6N/c1-4-2-5(4)3-6/h4H,2H2,1H3. The minimum Gasteiger partial charge on any atom is -0.198 e. The molecule has 0 aromatic carbocycles. The Morgan fingerprint density at radius 3 is 2.50 bits per heavy atom. The van der Waals surface area contributed by atoms with Crippen LogP contribution in [0.15, 0.2) is 0 Å². The summed E-state index contributed by atoms with van der Waals surface area (Å²) in [5.74, 6) is 1.69. The second-order valence-corrected chi connectivity index (χ2v) is 1.74. The molecule has 0 aliphatic heterocycles. The molecule has 6 heavy (non-hydrogen) atoms. The van der Waals surface area contributed by atoms with Crippen molar-refractivity contribution in [2.45, 2.75) is 13.3 Å². The van der Waals surface area contributed by atoms with Crippen molar-refractivity contribution in [1.82, 2.24) is 0 Å². The number of hydrogen-bond donors (Lipinski definition) is 0. The van der Waals surface area contributed by atoms with Gasteiger partial charge in [-0.2, -0.15) is 5.26 Å². The topological polar surface area (TPSA) is 23.8 Å². The van der Waals surface area contributed by atoms with Gasteiger partial charge in [0.25, 0.3) is 0 Å². The summed E-state index contributed by atoms with van der Waals surface area (Å²) in [6.07, 6.45) is 1.05. The zero-order valence-electron chi connectivity index (χ0n) is 3.73. The van der Waals surface area contributed by atoms with Crippen molar-refractivity contribution in [3.8, 4) is 6.07 Å². The van der Waals surface area contributed by atoms with Crippen LogP contribution in [0.25, 0.3) is 0 Å². The second-order valence-electron chi connectivity index (χ2n) is 1.74. The van der Waals surface area contributed by atoms with E-state index in [9.17, 15) is 0 Å². The first kappa shape index (κ1) is 3.67. The molecule has 1 saturated carbocycles. The molecule has 0 heterocycles. The monoisotopic (exact) mass is 80.1 g/mol. The highest BCUT2D eigenvalue weighted by atomic mass is 14.4. The summed E-state index contributed by atoms with van der Waals surface area (Å²) in [5.41, 5.74) is 0. The molecule has 0 saturated heterocycles. The minimum atomic E-state index is 0.620. The van der Waals surface area contributed by atoms with Crippen molar-refractivity contribution in [2.24, 2.45) is 5.92 Å². The van der Waals surface area contributed by atoms with Crippen molar-refractivity contribution in [1.29, 1.82) is 5.26 Å². The van der Waals surface area contributed by atoms with Crippen LogP contribution < -0.4 is 0 Å². The predicted octanol–water partition coefficient (Wildman–Crippen LogP) is 1.12. The zero-order valence-corrected chi connectivity index (χ0v) is 3.73. The lowest BCUT2D eigenvalue weighted by Gasteiger charge is -1.63. The van der Waals surface area contributed by atoms with Gasteiger partial charge in [0.2, 0.25) is 0 Å². The van der Waals surface area contributed by atoms with Gasteiger partial charge in [-0.3, -0.25) is 0 Å². The summed E-state index contributed by atoms with van der Waals surface area (Å²) in [4.78, 5) is 0. The third kappa shape index (κ3) is 0.386. The first-order valence-electron chi connectivity index (χ1n) is 2.10. The van der Waals surface area contributed by atoms with Gasteiger partial charge in [-0.25, -0.2) is 0 Å². The highest BCUT2D eigenvalue weighted by Crippen LogP contribution is 2.38. The summed E-state index contributed by atoms with van der Waals surface area (Å²) in [6, 6.07) is 2.11. The Balaban J connectivity index is 2.31. The second kappa shape index (κ2) is 0.975. The molecule has 1 radical (unpaired) electrons. The third-order valence-corrected chi connectivity index (χ3v) is 1.10. The molecule has 0 N–H and O–H groups in total. The van der Waals surface area contributed by atoms with E-state index in [1.165, 1.54) is 0 Å². The highest BCUT2D eigenvalue weighted by molar-refractivity contribution is 5.27. The molecule has 1 atom stereocenters. The Morgan fingerprint density at radius 2 is 2.50 bits per heavy atom. The van der Waals surface area contributed by atoms with E-state index >= 15 is 0 Å². The molecule has 1 heteroatoms. The fourth-order valence-electron chi connectivity index (χ4n) is 0.427. The molecule has 1 unspecified atom stereocenters. The smallest absolute Gasteiger partial charge is 0.0791 e. The average molecular weight is 80.1 g/mol. The number of hydrogen-bond acceptors (Lipinski definition) is 1. The molecule has 0 aromatic rings. The molecule has 0 spiro atoms. The lowest BCUT2D eigenvalue weighted by molar-refractivity contribution is 1.00. The molecule has 1 aliphatic carbocycles. The van der Waals surface area contributed by atoms with Crippen LogP contribution in [0.1, 0.15) is 13.3 Å². The van der Waals surface area contributed by atoms with Crippen LogP contribution in [-0.4, -0.2) is 0 Å². The van der Waals surface area contributed by atoms with Gasteiger partial charge in [0.05, 0.1) is 12.0 Å². The Kier molecular flexibility index (Phi) is 0.597. The van der Waals surface area contributed by atoms with Crippen LogP contribution in [0, 0.1) is 23.2 Å². The van der Waals surface area contributed by atoms with E-state index in [2.05, 4.69) is 13.0 Å². The van der Waals surface area contributed by atoms with E-state index in [4.69, 9.17) is 5.26 Å². The first-order chi connectivity index (χ1) is 2.84. The van der Waals surface area contributed by atoms with Gasteiger partial charge in [-0.1, -0.05) is 6.92 Å². The molecule has 0 bridgehead atoms. The Hall–Kier alpha value is -0.510. The largest absolute Gasteiger partial charge is 0.198 e. The van der Waals surface area contributed by atoms with Gasteiger partial charge in [0, 0.05) is 0 Å². The molecule has 0 aromatic heterocycles.